The molecule has 0 unspecified atom stereocenters. The van der Waals surface area contributed by atoms with Crippen molar-refractivity contribution in [3.63, 3.8) is 0 Å². The van der Waals surface area contributed by atoms with Crippen LogP contribution in [0.2, 0.25) is 0 Å². The highest BCUT2D eigenvalue weighted by atomic mass is 79.9. The number of carboxylic acids is 1. The molecule has 0 saturated carbocycles. The highest BCUT2D eigenvalue weighted by Gasteiger charge is 2.10. The van der Waals surface area contributed by atoms with Crippen LogP contribution < -0.4 is 5.32 Å². The molecule has 0 aromatic heterocycles. The average Bonchev–Trinajstić information content (AvgIpc) is 2.32. The second kappa shape index (κ2) is 5.18. The Kier molecular flexibility index (Phi) is 3.62. The van der Waals surface area contributed by atoms with Crippen LogP contribution in [-0.2, 0) is 0 Å². The van der Waals surface area contributed by atoms with Gasteiger partial charge in [0, 0.05) is 10.2 Å². The van der Waals surface area contributed by atoms with Crippen LogP contribution in [-0.4, -0.2) is 11.1 Å². The molecule has 0 aliphatic carbocycles. The molecule has 0 radical (unpaired) electrons. The number of halogens is 2. The van der Waals surface area contributed by atoms with E-state index in [-0.39, 0.29) is 11.4 Å². The average molecular weight is 310 g/mol. The second-order valence-corrected chi connectivity index (χ2v) is 4.54. The monoisotopic (exact) mass is 309 g/mol. The van der Waals surface area contributed by atoms with Gasteiger partial charge in [0.2, 0.25) is 0 Å². The summed E-state index contributed by atoms with van der Waals surface area (Å²) in [5, 5.41) is 12.0. The van der Waals surface area contributed by atoms with Gasteiger partial charge < -0.3 is 10.4 Å². The van der Waals surface area contributed by atoms with E-state index in [0.29, 0.717) is 11.4 Å². The lowest BCUT2D eigenvalue weighted by atomic mass is 10.1. The molecule has 0 fully saturated rings. The van der Waals surface area contributed by atoms with Gasteiger partial charge in [0.25, 0.3) is 0 Å². The molecule has 0 atom stereocenters. The number of hydrogen-bond donors (Lipinski definition) is 2. The van der Waals surface area contributed by atoms with Gasteiger partial charge in [0.15, 0.2) is 0 Å². The Hall–Kier alpha value is -1.88. The number of benzene rings is 2. The van der Waals surface area contributed by atoms with Crippen LogP contribution in [0.15, 0.2) is 46.9 Å². The van der Waals surface area contributed by atoms with Crippen LogP contribution in [0, 0.1) is 5.82 Å². The lowest BCUT2D eigenvalue weighted by molar-refractivity contribution is 0.0698. The van der Waals surface area contributed by atoms with Crippen molar-refractivity contribution in [2.24, 2.45) is 0 Å². The van der Waals surface area contributed by atoms with Gasteiger partial charge in [-0.1, -0.05) is 15.9 Å². The molecule has 2 aromatic carbocycles. The molecule has 0 saturated heterocycles. The number of rotatable bonds is 3. The Balaban J connectivity index is 2.35. The van der Waals surface area contributed by atoms with E-state index in [1.165, 1.54) is 18.2 Å². The summed E-state index contributed by atoms with van der Waals surface area (Å²) in [6.45, 7) is 0. The van der Waals surface area contributed by atoms with Crippen molar-refractivity contribution in [1.82, 2.24) is 0 Å². The molecule has 0 aliphatic rings. The fourth-order valence-corrected chi connectivity index (χ4v) is 1.86. The summed E-state index contributed by atoms with van der Waals surface area (Å²) in [4.78, 5) is 11.1. The normalized spacial score (nSPS) is 10.1. The Morgan fingerprint density at radius 2 is 1.83 bits per heavy atom. The predicted molar refractivity (Wildman–Crippen MR) is 70.8 cm³/mol. The summed E-state index contributed by atoms with van der Waals surface area (Å²) in [5.74, 6) is -1.36. The van der Waals surface area contributed by atoms with Crippen LogP contribution in [0.5, 0.6) is 0 Å². The molecule has 2 rings (SSSR count). The summed E-state index contributed by atoms with van der Waals surface area (Å²) in [5.41, 5.74) is 1.23. The Bertz CT molecular complexity index is 584. The molecule has 0 amide bonds. The van der Waals surface area contributed by atoms with E-state index >= 15 is 0 Å². The molecule has 0 heterocycles. The molecular formula is C13H9BrFNO2. The van der Waals surface area contributed by atoms with E-state index in [0.717, 1.165) is 4.47 Å². The van der Waals surface area contributed by atoms with E-state index in [2.05, 4.69) is 21.2 Å². The van der Waals surface area contributed by atoms with Crippen molar-refractivity contribution in [1.29, 1.82) is 0 Å². The van der Waals surface area contributed by atoms with Gasteiger partial charge in [-0.3, -0.25) is 0 Å². The zero-order chi connectivity index (χ0) is 13.1. The van der Waals surface area contributed by atoms with Gasteiger partial charge in [0.05, 0.1) is 11.3 Å². The Morgan fingerprint density at radius 1 is 1.17 bits per heavy atom. The standard InChI is InChI=1S/C13H9BrFNO2/c14-8-1-6-11(13(17)18)12(7-8)16-10-4-2-9(15)3-5-10/h1-7,16H,(H,17,18). The van der Waals surface area contributed by atoms with Crippen LogP contribution in [0.3, 0.4) is 0 Å². The SMILES string of the molecule is O=C(O)c1ccc(Br)cc1Nc1ccc(F)cc1. The molecule has 92 valence electrons. The minimum absolute atomic E-state index is 0.155. The lowest BCUT2D eigenvalue weighted by Gasteiger charge is -2.10. The number of carboxylic acid groups (broad SMARTS) is 1. The summed E-state index contributed by atoms with van der Waals surface area (Å²) in [7, 11) is 0. The fourth-order valence-electron chi connectivity index (χ4n) is 1.50. The van der Waals surface area contributed by atoms with Crippen molar-refractivity contribution in [2.75, 3.05) is 5.32 Å². The lowest BCUT2D eigenvalue weighted by Crippen LogP contribution is -2.02. The Morgan fingerprint density at radius 3 is 2.44 bits per heavy atom. The first-order chi connectivity index (χ1) is 8.56. The predicted octanol–water partition coefficient (Wildman–Crippen LogP) is 4.03. The minimum atomic E-state index is -1.02. The second-order valence-electron chi connectivity index (χ2n) is 3.63. The van der Waals surface area contributed by atoms with Crippen molar-refractivity contribution in [3.05, 3.63) is 58.3 Å². The van der Waals surface area contributed by atoms with E-state index in [1.807, 2.05) is 0 Å². The summed E-state index contributed by atoms with van der Waals surface area (Å²) in [6.07, 6.45) is 0. The van der Waals surface area contributed by atoms with Crippen LogP contribution in [0.1, 0.15) is 10.4 Å². The third-order valence-corrected chi connectivity index (χ3v) is 2.83. The summed E-state index contributed by atoms with van der Waals surface area (Å²) >= 11 is 3.28. The first kappa shape index (κ1) is 12.6. The molecule has 0 spiro atoms. The first-order valence-electron chi connectivity index (χ1n) is 5.12. The minimum Gasteiger partial charge on any atom is -0.478 e. The van der Waals surface area contributed by atoms with E-state index in [9.17, 15) is 9.18 Å². The van der Waals surface area contributed by atoms with Gasteiger partial charge in [0.1, 0.15) is 5.82 Å². The van der Waals surface area contributed by atoms with Gasteiger partial charge in [-0.05, 0) is 42.5 Å². The third kappa shape index (κ3) is 2.87. The van der Waals surface area contributed by atoms with Gasteiger partial charge in [-0.25, -0.2) is 9.18 Å². The largest absolute Gasteiger partial charge is 0.478 e. The highest BCUT2D eigenvalue weighted by Crippen LogP contribution is 2.25. The van der Waals surface area contributed by atoms with Crippen LogP contribution in [0.25, 0.3) is 0 Å². The number of anilines is 2. The van der Waals surface area contributed by atoms with E-state index in [4.69, 9.17) is 5.11 Å². The maximum atomic E-state index is 12.8. The Labute approximate surface area is 111 Å². The number of nitrogens with one attached hydrogen (secondary N) is 1. The topological polar surface area (TPSA) is 49.3 Å². The number of hydrogen-bond acceptors (Lipinski definition) is 2. The third-order valence-electron chi connectivity index (χ3n) is 2.34. The smallest absolute Gasteiger partial charge is 0.337 e. The molecule has 5 heteroatoms. The van der Waals surface area contributed by atoms with Gasteiger partial charge in [-0.15, -0.1) is 0 Å². The molecule has 2 N–H and O–H groups in total. The number of aromatic carboxylic acids is 1. The van der Waals surface area contributed by atoms with Crippen molar-refractivity contribution < 1.29 is 14.3 Å². The van der Waals surface area contributed by atoms with Crippen LogP contribution in [0.4, 0.5) is 15.8 Å². The molecule has 0 aliphatic heterocycles. The zero-order valence-corrected chi connectivity index (χ0v) is 10.7. The molecule has 3 nitrogen and oxygen atoms in total. The zero-order valence-electron chi connectivity index (χ0n) is 9.15. The first-order valence-corrected chi connectivity index (χ1v) is 5.91. The maximum absolute atomic E-state index is 12.8. The molecule has 2 aromatic rings. The van der Waals surface area contributed by atoms with Gasteiger partial charge >= 0.3 is 5.97 Å². The highest BCUT2D eigenvalue weighted by molar-refractivity contribution is 9.10. The number of carbonyl (C=O) groups is 1. The van der Waals surface area contributed by atoms with Crippen molar-refractivity contribution >= 4 is 33.3 Å². The quantitative estimate of drug-likeness (QED) is 0.900. The molecular weight excluding hydrogens is 301 g/mol. The van der Waals surface area contributed by atoms with E-state index in [1.54, 1.807) is 24.3 Å². The molecule has 0 bridgehead atoms. The summed E-state index contributed by atoms with van der Waals surface area (Å²) in [6, 6.07) is 10.5. The van der Waals surface area contributed by atoms with Crippen LogP contribution >= 0.6 is 15.9 Å². The van der Waals surface area contributed by atoms with Crippen molar-refractivity contribution in [3.8, 4) is 0 Å². The fraction of sp³-hybridized carbons (Fsp3) is 0. The summed E-state index contributed by atoms with van der Waals surface area (Å²) < 4.78 is 13.5. The van der Waals surface area contributed by atoms with Gasteiger partial charge in [-0.2, -0.15) is 0 Å². The maximum Gasteiger partial charge on any atom is 0.337 e. The molecule has 18 heavy (non-hydrogen) atoms. The van der Waals surface area contributed by atoms with Crippen molar-refractivity contribution in [2.45, 2.75) is 0 Å². The van der Waals surface area contributed by atoms with E-state index < -0.39 is 5.97 Å².